The van der Waals surface area contributed by atoms with Crippen LogP contribution in [0, 0.1) is 0 Å². The largest absolute Gasteiger partial charge is 0.393 e. The highest BCUT2D eigenvalue weighted by Gasteiger charge is 1.95. The molecule has 0 spiro atoms. The van der Waals surface area contributed by atoms with Crippen LogP contribution in [0.3, 0.4) is 0 Å². The lowest BCUT2D eigenvalue weighted by Crippen LogP contribution is -2.03. The Kier molecular flexibility index (Phi) is 4.57. The number of halogens is 1. The molecular formula is C5H11ClO. The molecule has 0 amide bonds. The summed E-state index contributed by atoms with van der Waals surface area (Å²) < 4.78 is 0. The second kappa shape index (κ2) is 4.41. The minimum Gasteiger partial charge on any atom is -0.393 e. The highest BCUT2D eigenvalue weighted by molar-refractivity contribution is 6.17. The molecule has 0 saturated heterocycles. The number of aliphatic hydroxyl groups is 1. The van der Waals surface area contributed by atoms with Gasteiger partial charge in [-0.3, -0.25) is 0 Å². The summed E-state index contributed by atoms with van der Waals surface area (Å²) in [6, 6.07) is 0. The van der Waals surface area contributed by atoms with Crippen molar-refractivity contribution in [2.24, 2.45) is 0 Å². The van der Waals surface area contributed by atoms with Crippen LogP contribution < -0.4 is 0 Å². The van der Waals surface area contributed by atoms with Crippen LogP contribution in [0.25, 0.3) is 0 Å². The van der Waals surface area contributed by atoms with E-state index in [1.807, 2.05) is 6.92 Å². The van der Waals surface area contributed by atoms with E-state index in [4.69, 9.17) is 16.7 Å². The Bertz CT molecular complexity index is 39.1. The summed E-state index contributed by atoms with van der Waals surface area (Å²) in [5.74, 6) is 0.564. The van der Waals surface area contributed by atoms with Gasteiger partial charge in [0.1, 0.15) is 0 Å². The van der Waals surface area contributed by atoms with Crippen molar-refractivity contribution < 1.29 is 5.11 Å². The first-order chi connectivity index (χ1) is 3.31. The molecule has 1 N–H and O–H groups in total. The number of aliphatic hydroxyl groups excluding tert-OH is 1. The molecular weight excluding hydrogens is 112 g/mol. The lowest BCUT2D eigenvalue weighted by atomic mass is 10.2. The fraction of sp³-hybridized carbons (Fsp3) is 1.00. The zero-order valence-corrected chi connectivity index (χ0v) is 5.28. The molecule has 2 heteroatoms. The third-order valence-corrected chi connectivity index (χ3v) is 1.13. The summed E-state index contributed by atoms with van der Waals surface area (Å²) in [6.45, 7) is 1.94. The monoisotopic (exact) mass is 122 g/mol. The Hall–Kier alpha value is 0.250. The molecule has 0 fully saturated rings. The maximum Gasteiger partial charge on any atom is 0.0549 e. The summed E-state index contributed by atoms with van der Waals surface area (Å²) >= 11 is 5.32. The normalized spacial score (nSPS) is 14.1. The fourth-order valence-electron chi connectivity index (χ4n) is 0.330. The van der Waals surface area contributed by atoms with Crippen molar-refractivity contribution in [3.05, 3.63) is 0 Å². The first-order valence-corrected chi connectivity index (χ1v) is 3.08. The van der Waals surface area contributed by atoms with Crippen LogP contribution >= 0.6 is 11.6 Å². The third kappa shape index (κ3) is 4.10. The highest BCUT2D eigenvalue weighted by Crippen LogP contribution is 1.96. The standard InChI is InChI=1S/C5H11ClO/c1-2-5(7)3-4-6/h5,7H,2-4H2,1H3. The van der Waals surface area contributed by atoms with E-state index in [0.29, 0.717) is 5.88 Å². The van der Waals surface area contributed by atoms with Gasteiger partial charge in [-0.25, -0.2) is 0 Å². The second-order valence-electron chi connectivity index (χ2n) is 1.54. The summed E-state index contributed by atoms with van der Waals surface area (Å²) in [6.07, 6.45) is 1.35. The molecule has 1 atom stereocenters. The first kappa shape index (κ1) is 7.25. The Morgan fingerprint density at radius 2 is 2.29 bits per heavy atom. The quantitative estimate of drug-likeness (QED) is 0.561. The van der Waals surface area contributed by atoms with Crippen LogP contribution in [-0.4, -0.2) is 17.1 Å². The highest BCUT2D eigenvalue weighted by atomic mass is 35.5. The van der Waals surface area contributed by atoms with Gasteiger partial charge in [0.15, 0.2) is 0 Å². The van der Waals surface area contributed by atoms with Crippen molar-refractivity contribution in [3.8, 4) is 0 Å². The van der Waals surface area contributed by atoms with Gasteiger partial charge in [-0.1, -0.05) is 6.92 Å². The van der Waals surface area contributed by atoms with Crippen LogP contribution in [0.4, 0.5) is 0 Å². The SMILES string of the molecule is CCC(O)CCCl. The molecule has 44 valence electrons. The van der Waals surface area contributed by atoms with Crippen LogP contribution in [0.2, 0.25) is 0 Å². The van der Waals surface area contributed by atoms with Crippen LogP contribution in [0.1, 0.15) is 19.8 Å². The van der Waals surface area contributed by atoms with Crippen molar-refractivity contribution in [1.29, 1.82) is 0 Å². The van der Waals surface area contributed by atoms with Gasteiger partial charge in [-0.15, -0.1) is 11.6 Å². The van der Waals surface area contributed by atoms with Gasteiger partial charge in [0.25, 0.3) is 0 Å². The zero-order valence-electron chi connectivity index (χ0n) is 4.52. The summed E-state index contributed by atoms with van der Waals surface area (Å²) in [5.41, 5.74) is 0. The number of hydrogen-bond acceptors (Lipinski definition) is 1. The minimum absolute atomic E-state index is 0.183. The van der Waals surface area contributed by atoms with Gasteiger partial charge in [0.05, 0.1) is 6.10 Å². The minimum atomic E-state index is -0.183. The van der Waals surface area contributed by atoms with Crippen molar-refractivity contribution in [3.63, 3.8) is 0 Å². The van der Waals surface area contributed by atoms with E-state index in [-0.39, 0.29) is 6.10 Å². The Labute approximate surface area is 49.3 Å². The molecule has 7 heavy (non-hydrogen) atoms. The molecule has 0 bridgehead atoms. The van der Waals surface area contributed by atoms with Gasteiger partial charge in [0.2, 0.25) is 0 Å². The summed E-state index contributed by atoms with van der Waals surface area (Å²) in [4.78, 5) is 0. The Morgan fingerprint density at radius 1 is 1.71 bits per heavy atom. The lowest BCUT2D eigenvalue weighted by molar-refractivity contribution is 0.167. The third-order valence-electron chi connectivity index (χ3n) is 0.914. The van der Waals surface area contributed by atoms with Crippen LogP contribution in [0.15, 0.2) is 0 Å². The second-order valence-corrected chi connectivity index (χ2v) is 1.92. The zero-order chi connectivity index (χ0) is 5.70. The van der Waals surface area contributed by atoms with Gasteiger partial charge >= 0.3 is 0 Å². The average molecular weight is 123 g/mol. The molecule has 0 rings (SSSR count). The van der Waals surface area contributed by atoms with Crippen LogP contribution in [-0.2, 0) is 0 Å². The number of alkyl halides is 1. The molecule has 0 radical (unpaired) electrons. The maximum atomic E-state index is 8.77. The lowest BCUT2D eigenvalue weighted by Gasteiger charge is -2.00. The van der Waals surface area contributed by atoms with E-state index < -0.39 is 0 Å². The molecule has 0 aliphatic rings. The van der Waals surface area contributed by atoms with Crippen molar-refractivity contribution in [1.82, 2.24) is 0 Å². The predicted molar refractivity (Wildman–Crippen MR) is 31.6 cm³/mol. The van der Waals surface area contributed by atoms with E-state index in [0.717, 1.165) is 12.8 Å². The van der Waals surface area contributed by atoms with Crippen molar-refractivity contribution in [2.45, 2.75) is 25.9 Å². The molecule has 0 heterocycles. The van der Waals surface area contributed by atoms with E-state index in [1.165, 1.54) is 0 Å². The number of hydrogen-bond donors (Lipinski definition) is 1. The molecule has 0 saturated carbocycles. The summed E-state index contributed by atoms with van der Waals surface area (Å²) in [5, 5.41) is 8.77. The van der Waals surface area contributed by atoms with Gasteiger partial charge in [0, 0.05) is 5.88 Å². The van der Waals surface area contributed by atoms with E-state index >= 15 is 0 Å². The van der Waals surface area contributed by atoms with Gasteiger partial charge in [-0.2, -0.15) is 0 Å². The fourth-order valence-corrected chi connectivity index (χ4v) is 0.582. The maximum absolute atomic E-state index is 8.77. The van der Waals surface area contributed by atoms with Crippen molar-refractivity contribution in [2.75, 3.05) is 5.88 Å². The molecule has 0 aliphatic heterocycles. The van der Waals surface area contributed by atoms with Crippen LogP contribution in [0.5, 0.6) is 0 Å². The molecule has 0 aromatic heterocycles. The predicted octanol–water partition coefficient (Wildman–Crippen LogP) is 1.39. The smallest absolute Gasteiger partial charge is 0.0549 e. The average Bonchev–Trinajstić information content (AvgIpc) is 1.68. The number of rotatable bonds is 3. The molecule has 0 aliphatic carbocycles. The molecule has 0 aromatic rings. The molecule has 1 nitrogen and oxygen atoms in total. The topological polar surface area (TPSA) is 20.2 Å². The first-order valence-electron chi connectivity index (χ1n) is 2.55. The molecule has 0 aromatic carbocycles. The van der Waals surface area contributed by atoms with E-state index in [2.05, 4.69) is 0 Å². The van der Waals surface area contributed by atoms with Crippen molar-refractivity contribution >= 4 is 11.6 Å². The molecule has 1 unspecified atom stereocenters. The van der Waals surface area contributed by atoms with E-state index in [1.54, 1.807) is 0 Å². The summed E-state index contributed by atoms with van der Waals surface area (Å²) in [7, 11) is 0. The Morgan fingerprint density at radius 3 is 2.43 bits per heavy atom. The van der Waals surface area contributed by atoms with E-state index in [9.17, 15) is 0 Å². The Balaban J connectivity index is 2.83. The van der Waals surface area contributed by atoms with Gasteiger partial charge < -0.3 is 5.11 Å². The van der Waals surface area contributed by atoms with Gasteiger partial charge in [-0.05, 0) is 12.8 Å².